The molecule has 0 spiro atoms. The molecule has 1 fully saturated rings. The molecule has 1 aromatic carbocycles. The van der Waals surface area contributed by atoms with Crippen molar-refractivity contribution in [1.82, 2.24) is 9.88 Å². The molecule has 10 nitrogen and oxygen atoms in total. The second-order valence-electron chi connectivity index (χ2n) is 8.51. The average Bonchev–Trinajstić information content (AvgIpc) is 3.16. The molecule has 1 aliphatic rings. The van der Waals surface area contributed by atoms with Crippen molar-refractivity contribution in [2.45, 2.75) is 38.3 Å². The molecule has 1 saturated heterocycles. The van der Waals surface area contributed by atoms with Crippen LogP contribution in [0.5, 0.6) is 0 Å². The number of hydrogen-bond donors (Lipinski definition) is 1. The molecule has 1 aromatic heterocycles. The summed E-state index contributed by atoms with van der Waals surface area (Å²) in [5.41, 5.74) is -3.18. The Balaban J connectivity index is 2.12. The Bertz CT molecular complexity index is 1160. The van der Waals surface area contributed by atoms with Crippen LogP contribution in [-0.4, -0.2) is 58.2 Å². The summed E-state index contributed by atoms with van der Waals surface area (Å²) in [4.78, 5) is 41.6. The van der Waals surface area contributed by atoms with Gasteiger partial charge in [0.05, 0.1) is 28.1 Å². The fourth-order valence-corrected chi connectivity index (χ4v) is 4.04. The molecule has 1 N–H and O–H groups in total. The highest BCUT2D eigenvalue weighted by Gasteiger charge is 2.49. The topological polar surface area (TPSA) is 124 Å². The van der Waals surface area contributed by atoms with Crippen LogP contribution in [0, 0.1) is 15.9 Å². The molecule has 1 aliphatic heterocycles. The van der Waals surface area contributed by atoms with E-state index in [-0.39, 0.29) is 45.6 Å². The number of carbonyl (C=O) groups is 2. The summed E-state index contributed by atoms with van der Waals surface area (Å²) >= 11 is 9.11. The number of esters is 1. The number of pyridine rings is 1. The number of likely N-dealkylation sites (tertiary alicyclic amines) is 1. The Morgan fingerprint density at radius 2 is 2.09 bits per heavy atom. The number of hydrogen-bond acceptors (Lipinski definition) is 8. The van der Waals surface area contributed by atoms with Crippen LogP contribution in [0.4, 0.5) is 20.6 Å². The van der Waals surface area contributed by atoms with Gasteiger partial charge in [-0.15, -0.1) is 0 Å². The summed E-state index contributed by atoms with van der Waals surface area (Å²) in [5, 5.41) is 14.6. The predicted octanol–water partition coefficient (Wildman–Crippen LogP) is 4.66. The Morgan fingerprint density at radius 3 is 2.67 bits per heavy atom. The van der Waals surface area contributed by atoms with E-state index in [2.05, 4.69) is 26.2 Å². The number of rotatable bonds is 4. The number of aromatic nitrogens is 1. The molecule has 0 saturated carbocycles. The van der Waals surface area contributed by atoms with Gasteiger partial charge in [-0.3, -0.25) is 10.1 Å². The normalized spacial score (nSPS) is 18.3. The fraction of sp³-hybridized carbons (Fsp3) is 0.450. The molecular formula is C20H21BrClFN4O6. The standard InChI is InChI=1S/C20H21BrClFN4O6/c1-19(2,3)33-18(29)26-6-5-20(9-26,17(28)32-4)25-15-10-7-11(22)13(21)14(23)16(10)24-8-12(15)27(30)31/h7-8H,5-6,9H2,1-4H3,(H,24,25). The van der Waals surface area contributed by atoms with Gasteiger partial charge >= 0.3 is 17.7 Å². The molecule has 2 aromatic rings. The van der Waals surface area contributed by atoms with E-state index < -0.39 is 39.6 Å². The van der Waals surface area contributed by atoms with Gasteiger partial charge in [-0.25, -0.2) is 19.0 Å². The quantitative estimate of drug-likeness (QED) is 0.254. The maximum absolute atomic E-state index is 14.8. The van der Waals surface area contributed by atoms with E-state index in [1.54, 1.807) is 20.8 Å². The summed E-state index contributed by atoms with van der Waals surface area (Å²) in [6, 6.07) is 1.30. The van der Waals surface area contributed by atoms with Crippen molar-refractivity contribution in [3.05, 3.63) is 37.7 Å². The van der Waals surface area contributed by atoms with E-state index in [4.69, 9.17) is 21.1 Å². The Kier molecular flexibility index (Phi) is 6.72. The van der Waals surface area contributed by atoms with E-state index in [1.165, 1.54) is 11.0 Å². The Morgan fingerprint density at radius 1 is 1.42 bits per heavy atom. The Labute approximate surface area is 201 Å². The van der Waals surface area contributed by atoms with Crippen LogP contribution in [0.1, 0.15) is 27.2 Å². The minimum absolute atomic E-state index is 0.00565. The van der Waals surface area contributed by atoms with Crippen LogP contribution < -0.4 is 5.32 Å². The largest absolute Gasteiger partial charge is 0.467 e. The van der Waals surface area contributed by atoms with Crippen LogP contribution in [0.3, 0.4) is 0 Å². The summed E-state index contributed by atoms with van der Waals surface area (Å²) in [6.45, 7) is 5.04. The molecule has 1 atom stereocenters. The third kappa shape index (κ3) is 4.81. The number of ether oxygens (including phenoxy) is 2. The Hall–Kier alpha value is -2.73. The van der Waals surface area contributed by atoms with E-state index in [9.17, 15) is 24.1 Å². The van der Waals surface area contributed by atoms with Gasteiger partial charge in [0.15, 0.2) is 11.4 Å². The first-order valence-electron chi connectivity index (χ1n) is 9.75. The third-order valence-electron chi connectivity index (χ3n) is 5.04. The van der Waals surface area contributed by atoms with Crippen molar-refractivity contribution >= 4 is 61.9 Å². The number of benzene rings is 1. The third-order valence-corrected chi connectivity index (χ3v) is 6.34. The van der Waals surface area contributed by atoms with Gasteiger partial charge in [0.1, 0.15) is 23.0 Å². The monoisotopic (exact) mass is 546 g/mol. The lowest BCUT2D eigenvalue weighted by atomic mass is 9.97. The number of anilines is 1. The predicted molar refractivity (Wildman–Crippen MR) is 122 cm³/mol. The van der Waals surface area contributed by atoms with E-state index in [0.717, 1.165) is 13.3 Å². The zero-order valence-electron chi connectivity index (χ0n) is 18.2. The first-order chi connectivity index (χ1) is 15.3. The van der Waals surface area contributed by atoms with Crippen LogP contribution in [0.2, 0.25) is 5.02 Å². The smallest absolute Gasteiger partial charge is 0.410 e. The van der Waals surface area contributed by atoms with Crippen LogP contribution >= 0.6 is 27.5 Å². The number of nitro groups is 1. The number of amides is 1. The second kappa shape index (κ2) is 8.90. The van der Waals surface area contributed by atoms with E-state index in [1.807, 2.05) is 0 Å². The first kappa shape index (κ1) is 24.9. The van der Waals surface area contributed by atoms with E-state index >= 15 is 0 Å². The number of fused-ring (bicyclic) bond motifs is 1. The molecular weight excluding hydrogens is 527 g/mol. The van der Waals surface area contributed by atoms with Crippen molar-refractivity contribution in [2.75, 3.05) is 25.5 Å². The number of nitrogens with one attached hydrogen (secondary N) is 1. The maximum Gasteiger partial charge on any atom is 0.410 e. The van der Waals surface area contributed by atoms with Crippen molar-refractivity contribution in [1.29, 1.82) is 0 Å². The maximum atomic E-state index is 14.8. The van der Waals surface area contributed by atoms with Gasteiger partial charge in [0.25, 0.3) is 0 Å². The van der Waals surface area contributed by atoms with Gasteiger partial charge in [-0.1, -0.05) is 11.6 Å². The molecule has 33 heavy (non-hydrogen) atoms. The van der Waals surface area contributed by atoms with Crippen LogP contribution in [0.15, 0.2) is 16.7 Å². The SMILES string of the molecule is COC(=O)C1(Nc2c([N+](=O)[O-])cnc3c(F)c(Br)c(Cl)cc23)CCN(C(=O)OC(C)(C)C)C1. The number of halogens is 3. The van der Waals surface area contributed by atoms with Gasteiger partial charge in [0.2, 0.25) is 0 Å². The van der Waals surface area contributed by atoms with Crippen molar-refractivity contribution < 1.29 is 28.4 Å². The van der Waals surface area contributed by atoms with Crippen LogP contribution in [0.25, 0.3) is 10.9 Å². The highest BCUT2D eigenvalue weighted by molar-refractivity contribution is 9.10. The van der Waals surface area contributed by atoms with Gasteiger partial charge in [-0.2, -0.15) is 0 Å². The number of methoxy groups -OCH3 is 1. The molecule has 178 valence electrons. The lowest BCUT2D eigenvalue weighted by Crippen LogP contribution is -2.50. The number of nitrogens with zero attached hydrogens (tertiary/aromatic N) is 3. The van der Waals surface area contributed by atoms with Crippen LogP contribution in [-0.2, 0) is 14.3 Å². The minimum atomic E-state index is -1.55. The van der Waals surface area contributed by atoms with Crippen molar-refractivity contribution in [3.8, 4) is 0 Å². The first-order valence-corrected chi connectivity index (χ1v) is 10.9. The lowest BCUT2D eigenvalue weighted by Gasteiger charge is -2.30. The molecule has 1 amide bonds. The van der Waals surface area contributed by atoms with Gasteiger partial charge in [0, 0.05) is 18.4 Å². The molecule has 1 unspecified atom stereocenters. The zero-order chi connectivity index (χ0) is 24.7. The fourth-order valence-electron chi connectivity index (χ4n) is 3.55. The summed E-state index contributed by atoms with van der Waals surface area (Å²) in [5.74, 6) is -1.57. The highest BCUT2D eigenvalue weighted by atomic mass is 79.9. The molecule has 3 rings (SSSR count). The van der Waals surface area contributed by atoms with Crippen molar-refractivity contribution in [3.63, 3.8) is 0 Å². The number of carbonyl (C=O) groups excluding carboxylic acids is 2. The van der Waals surface area contributed by atoms with Crippen molar-refractivity contribution in [2.24, 2.45) is 0 Å². The summed E-state index contributed by atoms with van der Waals surface area (Å²) < 4.78 is 25.0. The highest BCUT2D eigenvalue weighted by Crippen LogP contribution is 2.41. The summed E-state index contributed by atoms with van der Waals surface area (Å²) in [7, 11) is 1.16. The molecule has 2 heterocycles. The molecule has 0 aliphatic carbocycles. The molecule has 0 radical (unpaired) electrons. The second-order valence-corrected chi connectivity index (χ2v) is 9.71. The lowest BCUT2D eigenvalue weighted by molar-refractivity contribution is -0.384. The molecule has 0 bridgehead atoms. The van der Waals surface area contributed by atoms with Gasteiger partial charge in [-0.05, 0) is 42.8 Å². The van der Waals surface area contributed by atoms with Gasteiger partial charge < -0.3 is 19.7 Å². The van der Waals surface area contributed by atoms with E-state index in [0.29, 0.717) is 0 Å². The summed E-state index contributed by atoms with van der Waals surface area (Å²) in [6.07, 6.45) is 0.300. The molecule has 13 heteroatoms. The minimum Gasteiger partial charge on any atom is -0.467 e. The zero-order valence-corrected chi connectivity index (χ0v) is 20.5. The average molecular weight is 548 g/mol.